The first-order chi connectivity index (χ1) is 11.8. The average molecular weight is 389 g/mol. The number of amides is 1. The Labute approximate surface area is 152 Å². The van der Waals surface area contributed by atoms with E-state index in [9.17, 15) is 18.0 Å². The Bertz CT molecular complexity index is 721. The number of thiophene rings is 1. The Balaban J connectivity index is 1.98. The fraction of sp³-hybridized carbons (Fsp3) is 0.625. The highest BCUT2D eigenvalue weighted by Gasteiger charge is 2.32. The van der Waals surface area contributed by atoms with E-state index in [1.807, 2.05) is 6.92 Å². The van der Waals surface area contributed by atoms with Crippen molar-refractivity contribution in [1.29, 1.82) is 0 Å². The van der Waals surface area contributed by atoms with E-state index >= 15 is 0 Å². The molecule has 0 aliphatic carbocycles. The first-order valence-corrected chi connectivity index (χ1v) is 10.7. The molecule has 1 saturated heterocycles. The second-order valence-corrected chi connectivity index (χ2v) is 9.31. The van der Waals surface area contributed by atoms with Gasteiger partial charge in [-0.2, -0.15) is 4.31 Å². The lowest BCUT2D eigenvalue weighted by Crippen LogP contribution is -2.51. The monoisotopic (exact) mass is 388 g/mol. The number of sulfonamides is 1. The van der Waals surface area contributed by atoms with Crippen LogP contribution >= 0.6 is 11.3 Å². The SMILES string of the molecule is CCCCC(C)C(=O)N1CCN(S(=O)(=O)c2cc(C(=O)O)cs2)CC1. The molecule has 0 radical (unpaired) electrons. The van der Waals surface area contributed by atoms with Gasteiger partial charge < -0.3 is 10.0 Å². The molecular weight excluding hydrogens is 364 g/mol. The van der Waals surface area contributed by atoms with E-state index in [1.54, 1.807) is 4.90 Å². The summed E-state index contributed by atoms with van der Waals surface area (Å²) in [5.41, 5.74) is -0.0258. The highest BCUT2D eigenvalue weighted by molar-refractivity contribution is 7.91. The van der Waals surface area contributed by atoms with Crippen LogP contribution in [0.5, 0.6) is 0 Å². The third kappa shape index (κ3) is 4.59. The summed E-state index contributed by atoms with van der Waals surface area (Å²) < 4.78 is 26.6. The van der Waals surface area contributed by atoms with E-state index in [1.165, 1.54) is 15.8 Å². The van der Waals surface area contributed by atoms with Crippen molar-refractivity contribution in [3.63, 3.8) is 0 Å². The van der Waals surface area contributed by atoms with Gasteiger partial charge >= 0.3 is 5.97 Å². The number of piperazine rings is 1. The lowest BCUT2D eigenvalue weighted by atomic mass is 10.0. The van der Waals surface area contributed by atoms with Crippen molar-refractivity contribution in [1.82, 2.24) is 9.21 Å². The molecule has 1 unspecified atom stereocenters. The van der Waals surface area contributed by atoms with Crippen LogP contribution in [0.25, 0.3) is 0 Å². The predicted molar refractivity (Wildman–Crippen MR) is 95.3 cm³/mol. The molecule has 25 heavy (non-hydrogen) atoms. The fourth-order valence-electron chi connectivity index (χ4n) is 2.79. The number of hydrogen-bond donors (Lipinski definition) is 1. The zero-order chi connectivity index (χ0) is 18.6. The van der Waals surface area contributed by atoms with Gasteiger partial charge in [0.2, 0.25) is 5.91 Å². The highest BCUT2D eigenvalue weighted by Crippen LogP contribution is 2.25. The molecule has 9 heteroatoms. The first kappa shape index (κ1) is 19.9. The van der Waals surface area contributed by atoms with Gasteiger partial charge in [0.1, 0.15) is 4.21 Å². The molecular formula is C16H24N2O5S2. The number of nitrogens with zero attached hydrogens (tertiary/aromatic N) is 2. The van der Waals surface area contributed by atoms with E-state index < -0.39 is 16.0 Å². The number of carbonyl (C=O) groups is 2. The molecule has 2 heterocycles. The summed E-state index contributed by atoms with van der Waals surface area (Å²) in [5.74, 6) is -1.11. The van der Waals surface area contributed by atoms with Crippen LogP contribution in [-0.4, -0.2) is 60.8 Å². The van der Waals surface area contributed by atoms with Crippen molar-refractivity contribution in [3.05, 3.63) is 17.0 Å². The Morgan fingerprint density at radius 3 is 2.44 bits per heavy atom. The molecule has 1 amide bonds. The van der Waals surface area contributed by atoms with Crippen LogP contribution in [0.3, 0.4) is 0 Å². The molecule has 1 aromatic heterocycles. The number of carboxylic acid groups (broad SMARTS) is 1. The maximum atomic E-state index is 12.6. The van der Waals surface area contributed by atoms with E-state index in [2.05, 4.69) is 6.92 Å². The molecule has 0 spiro atoms. The zero-order valence-corrected chi connectivity index (χ0v) is 16.1. The average Bonchev–Trinajstić information content (AvgIpc) is 3.10. The minimum atomic E-state index is -3.71. The van der Waals surface area contributed by atoms with Gasteiger partial charge in [-0.1, -0.05) is 26.7 Å². The van der Waals surface area contributed by atoms with Crippen LogP contribution in [-0.2, 0) is 14.8 Å². The molecule has 1 aliphatic rings. The topological polar surface area (TPSA) is 95.0 Å². The maximum absolute atomic E-state index is 12.6. The van der Waals surface area contributed by atoms with Crippen LogP contribution in [0.4, 0.5) is 0 Å². The van der Waals surface area contributed by atoms with Gasteiger partial charge in [-0.25, -0.2) is 13.2 Å². The third-order valence-electron chi connectivity index (χ3n) is 4.38. The number of unbranched alkanes of at least 4 members (excludes halogenated alkanes) is 1. The summed E-state index contributed by atoms with van der Waals surface area (Å²) in [6.07, 6.45) is 2.90. The second kappa shape index (κ2) is 8.29. The number of carboxylic acids is 1. The normalized spacial score (nSPS) is 17.4. The summed E-state index contributed by atoms with van der Waals surface area (Å²) in [6, 6.07) is 1.19. The fourth-order valence-corrected chi connectivity index (χ4v) is 5.51. The van der Waals surface area contributed by atoms with Crippen molar-refractivity contribution in [3.8, 4) is 0 Å². The molecule has 1 aromatic rings. The molecule has 1 N–H and O–H groups in total. The summed E-state index contributed by atoms with van der Waals surface area (Å²) in [6.45, 7) is 5.20. The number of rotatable bonds is 7. The van der Waals surface area contributed by atoms with E-state index in [4.69, 9.17) is 5.11 Å². The van der Waals surface area contributed by atoms with Gasteiger partial charge in [0.05, 0.1) is 5.56 Å². The van der Waals surface area contributed by atoms with Crippen molar-refractivity contribution >= 4 is 33.2 Å². The van der Waals surface area contributed by atoms with E-state index in [0.29, 0.717) is 13.1 Å². The number of hydrogen-bond acceptors (Lipinski definition) is 5. The highest BCUT2D eigenvalue weighted by atomic mass is 32.2. The zero-order valence-electron chi connectivity index (χ0n) is 14.5. The lowest BCUT2D eigenvalue weighted by molar-refractivity contribution is -0.136. The van der Waals surface area contributed by atoms with Gasteiger partial charge in [-0.3, -0.25) is 4.79 Å². The summed E-state index contributed by atoms with van der Waals surface area (Å²) in [5, 5.41) is 10.3. The maximum Gasteiger partial charge on any atom is 0.336 e. The van der Waals surface area contributed by atoms with Gasteiger partial charge in [-0.05, 0) is 12.5 Å². The molecule has 7 nitrogen and oxygen atoms in total. The summed E-state index contributed by atoms with van der Waals surface area (Å²) >= 11 is 0.909. The van der Waals surface area contributed by atoms with Crippen LogP contribution in [0, 0.1) is 5.92 Å². The van der Waals surface area contributed by atoms with E-state index in [0.717, 1.165) is 30.6 Å². The van der Waals surface area contributed by atoms with Gasteiger partial charge in [0.25, 0.3) is 10.0 Å². The van der Waals surface area contributed by atoms with Crippen molar-refractivity contribution in [2.24, 2.45) is 5.92 Å². The van der Waals surface area contributed by atoms with Gasteiger partial charge in [-0.15, -0.1) is 11.3 Å². The number of aromatic carboxylic acids is 1. The molecule has 1 fully saturated rings. The van der Waals surface area contributed by atoms with Crippen molar-refractivity contribution < 1.29 is 23.1 Å². The molecule has 2 rings (SSSR count). The van der Waals surface area contributed by atoms with Gasteiger partial charge in [0.15, 0.2) is 0 Å². The van der Waals surface area contributed by atoms with Crippen LogP contribution in [0.15, 0.2) is 15.7 Å². The Morgan fingerprint density at radius 1 is 1.28 bits per heavy atom. The Kier molecular flexibility index (Phi) is 6.59. The smallest absolute Gasteiger partial charge is 0.336 e. The van der Waals surface area contributed by atoms with E-state index in [-0.39, 0.29) is 34.7 Å². The summed E-state index contributed by atoms with van der Waals surface area (Å²) in [4.78, 5) is 25.1. The standard InChI is InChI=1S/C16H24N2O5S2/c1-3-4-5-12(2)15(19)17-6-8-18(9-7-17)25(22,23)14-10-13(11-24-14)16(20)21/h10-12H,3-9H2,1-2H3,(H,20,21). The van der Waals surface area contributed by atoms with Gasteiger partial charge in [0, 0.05) is 37.5 Å². The lowest BCUT2D eigenvalue weighted by Gasteiger charge is -2.35. The molecule has 140 valence electrons. The predicted octanol–water partition coefficient (Wildman–Crippen LogP) is 2.11. The third-order valence-corrected chi connectivity index (χ3v) is 7.69. The molecule has 1 aliphatic heterocycles. The minimum absolute atomic E-state index is 0.0258. The summed E-state index contributed by atoms with van der Waals surface area (Å²) in [7, 11) is -3.71. The Morgan fingerprint density at radius 2 is 1.92 bits per heavy atom. The largest absolute Gasteiger partial charge is 0.478 e. The van der Waals surface area contributed by atoms with Crippen LogP contribution < -0.4 is 0 Å². The first-order valence-electron chi connectivity index (χ1n) is 8.38. The number of carbonyl (C=O) groups excluding carboxylic acids is 1. The quantitative estimate of drug-likeness (QED) is 0.772. The molecule has 1 atom stereocenters. The second-order valence-electron chi connectivity index (χ2n) is 6.23. The molecule has 0 aromatic carbocycles. The Hall–Kier alpha value is -1.45. The van der Waals surface area contributed by atoms with Crippen molar-refractivity contribution in [2.75, 3.05) is 26.2 Å². The molecule has 0 bridgehead atoms. The van der Waals surface area contributed by atoms with Crippen molar-refractivity contribution in [2.45, 2.75) is 37.3 Å². The van der Waals surface area contributed by atoms with Crippen LogP contribution in [0.2, 0.25) is 0 Å². The molecule has 0 saturated carbocycles. The van der Waals surface area contributed by atoms with Crippen LogP contribution in [0.1, 0.15) is 43.5 Å². The minimum Gasteiger partial charge on any atom is -0.478 e.